The Labute approximate surface area is 328 Å². The molecule has 0 fully saturated rings. The van der Waals surface area contributed by atoms with Crippen molar-refractivity contribution >= 4 is 21.9 Å². The highest BCUT2D eigenvalue weighted by Crippen LogP contribution is 2.69. The Morgan fingerprint density at radius 1 is 0.536 bits per heavy atom. The standard InChI is InChI=1S/C48H54O8/c1-17-43(5,6)25-21-23-33-29-27-28-30-34(52-40(27)48(15,16)55-37(29)31(45(9,10)19-3)35(23)53-41(25)49)24-22-26(44(7,8)18-2)42(50)54-36(24)32(46(11,12)20-4)38(30)56-47(13,14)39(28)51-33/h17-22,27-28,39-40H,1-4H2,5-16H3/t27-,28-,39-,40-/m0/s1. The monoisotopic (exact) mass is 758 g/mol. The van der Waals surface area contributed by atoms with E-state index in [0.717, 1.165) is 22.3 Å². The SMILES string of the molecule is C=CC(C)(C)c1cc2c3c4c(c(C(C)(C)C=C)c2oc1=O)OC(C)(C)[C@H]1Oc2c5c(c(C(C)(C)C=C)c6oc(=O)c(C(C)(C)C=C)cc26)OC(C)(C)[C@@H](O3)[C@H]5[C@@H]41. The lowest BCUT2D eigenvalue weighted by atomic mass is 9.61. The van der Waals surface area contributed by atoms with E-state index in [9.17, 15) is 9.59 Å². The molecule has 4 atom stereocenters. The molecule has 0 spiro atoms. The van der Waals surface area contributed by atoms with Crippen molar-refractivity contribution in [2.45, 2.75) is 140 Å². The van der Waals surface area contributed by atoms with Gasteiger partial charge in [-0.15, -0.1) is 26.3 Å². The van der Waals surface area contributed by atoms with Crippen LogP contribution in [0.2, 0.25) is 0 Å². The Balaban J connectivity index is 1.58. The minimum Gasteiger partial charge on any atom is -0.484 e. The van der Waals surface area contributed by atoms with Crippen molar-refractivity contribution in [2.75, 3.05) is 0 Å². The number of benzene rings is 2. The fraction of sp³-hybridized carbons (Fsp3) is 0.458. The van der Waals surface area contributed by atoms with Crippen molar-refractivity contribution < 1.29 is 27.8 Å². The van der Waals surface area contributed by atoms with Gasteiger partial charge in [0.25, 0.3) is 0 Å². The van der Waals surface area contributed by atoms with Crippen molar-refractivity contribution in [3.8, 4) is 23.0 Å². The molecule has 2 aromatic heterocycles. The Hall–Kier alpha value is -4.98. The third-order valence-corrected chi connectivity index (χ3v) is 13.3. The number of fused-ring (bicyclic) bond motifs is 4. The normalized spacial score (nSPS) is 22.9. The number of ether oxygens (including phenoxy) is 4. The van der Waals surface area contributed by atoms with E-state index in [1.165, 1.54) is 0 Å². The van der Waals surface area contributed by atoms with Gasteiger partial charge in [-0.25, -0.2) is 9.59 Å². The van der Waals surface area contributed by atoms with E-state index >= 15 is 0 Å². The molecular formula is C48H54O8. The van der Waals surface area contributed by atoms with Gasteiger partial charge in [0.05, 0.1) is 10.8 Å². The summed E-state index contributed by atoms with van der Waals surface area (Å²) in [6.45, 7) is 40.6. The number of hydrogen-bond acceptors (Lipinski definition) is 8. The first-order valence-electron chi connectivity index (χ1n) is 19.5. The van der Waals surface area contributed by atoms with Crippen LogP contribution in [0.25, 0.3) is 21.9 Å². The van der Waals surface area contributed by atoms with Gasteiger partial charge in [0, 0.05) is 66.9 Å². The molecule has 8 rings (SSSR count). The first-order chi connectivity index (χ1) is 25.9. The molecule has 0 aliphatic carbocycles. The molecule has 4 aromatic rings. The van der Waals surface area contributed by atoms with E-state index in [1.807, 2.05) is 107 Å². The third-order valence-electron chi connectivity index (χ3n) is 13.3. The zero-order chi connectivity index (χ0) is 41.0. The average Bonchev–Trinajstić information content (AvgIpc) is 3.11. The Morgan fingerprint density at radius 3 is 1.16 bits per heavy atom. The van der Waals surface area contributed by atoms with Crippen LogP contribution in [-0.2, 0) is 21.7 Å². The first kappa shape index (κ1) is 37.9. The lowest BCUT2D eigenvalue weighted by Crippen LogP contribution is -2.63. The van der Waals surface area contributed by atoms with Crippen LogP contribution in [-0.4, -0.2) is 23.4 Å². The van der Waals surface area contributed by atoms with Crippen molar-refractivity contribution in [1.82, 2.24) is 0 Å². The topological polar surface area (TPSA) is 97.3 Å². The molecule has 294 valence electrons. The number of allylic oxidation sites excluding steroid dienone is 4. The minimum absolute atomic E-state index is 0.291. The minimum atomic E-state index is -0.911. The molecule has 2 aromatic carbocycles. The predicted molar refractivity (Wildman–Crippen MR) is 222 cm³/mol. The molecule has 0 bridgehead atoms. The van der Waals surface area contributed by atoms with Crippen LogP contribution < -0.4 is 30.2 Å². The molecule has 0 saturated heterocycles. The summed E-state index contributed by atoms with van der Waals surface area (Å²) in [5, 5.41) is 1.33. The maximum absolute atomic E-state index is 13.9. The van der Waals surface area contributed by atoms with Crippen LogP contribution in [0.1, 0.15) is 128 Å². The zero-order valence-corrected chi connectivity index (χ0v) is 34.9. The van der Waals surface area contributed by atoms with E-state index in [0.29, 0.717) is 56.1 Å². The van der Waals surface area contributed by atoms with Crippen LogP contribution >= 0.6 is 0 Å². The summed E-state index contributed by atoms with van der Waals surface area (Å²) in [7, 11) is 0. The lowest BCUT2D eigenvalue weighted by molar-refractivity contribution is -0.113. The predicted octanol–water partition coefficient (Wildman–Crippen LogP) is 10.5. The largest absolute Gasteiger partial charge is 0.484 e. The van der Waals surface area contributed by atoms with Crippen LogP contribution in [0.5, 0.6) is 23.0 Å². The summed E-state index contributed by atoms with van der Waals surface area (Å²) in [5.41, 5.74) is -0.615. The van der Waals surface area contributed by atoms with Crippen molar-refractivity contribution in [1.29, 1.82) is 0 Å². The molecule has 4 aliphatic heterocycles. The summed E-state index contributed by atoms with van der Waals surface area (Å²) in [6.07, 6.45) is 6.17. The van der Waals surface area contributed by atoms with Gasteiger partial charge >= 0.3 is 11.3 Å². The fourth-order valence-corrected chi connectivity index (χ4v) is 9.42. The Kier molecular flexibility index (Phi) is 7.67. The molecule has 8 nitrogen and oxygen atoms in total. The van der Waals surface area contributed by atoms with E-state index in [1.54, 1.807) is 12.2 Å². The highest BCUT2D eigenvalue weighted by molar-refractivity contribution is 5.96. The van der Waals surface area contributed by atoms with Gasteiger partial charge in [0.2, 0.25) is 0 Å². The molecule has 0 unspecified atom stereocenters. The molecule has 56 heavy (non-hydrogen) atoms. The molecule has 0 saturated carbocycles. The van der Waals surface area contributed by atoms with Gasteiger partial charge in [-0.1, -0.05) is 79.7 Å². The first-order valence-corrected chi connectivity index (χ1v) is 19.5. The Morgan fingerprint density at radius 2 is 0.857 bits per heavy atom. The van der Waals surface area contributed by atoms with Crippen LogP contribution in [0, 0.1) is 0 Å². The smallest absolute Gasteiger partial charge is 0.340 e. The van der Waals surface area contributed by atoms with Crippen LogP contribution in [0.4, 0.5) is 0 Å². The van der Waals surface area contributed by atoms with Crippen molar-refractivity contribution in [3.05, 3.63) is 117 Å². The van der Waals surface area contributed by atoms with E-state index in [2.05, 4.69) is 26.3 Å². The lowest BCUT2D eigenvalue weighted by Gasteiger charge is -2.59. The van der Waals surface area contributed by atoms with E-state index < -0.39 is 56.3 Å². The van der Waals surface area contributed by atoms with E-state index in [4.69, 9.17) is 27.8 Å². The summed E-state index contributed by atoms with van der Waals surface area (Å²) in [5.74, 6) is 1.78. The van der Waals surface area contributed by atoms with Crippen LogP contribution in [0.3, 0.4) is 0 Å². The van der Waals surface area contributed by atoms with Crippen molar-refractivity contribution in [3.63, 3.8) is 0 Å². The van der Waals surface area contributed by atoms with Gasteiger partial charge in [0.15, 0.2) is 0 Å². The Bertz CT molecular complexity index is 2410. The maximum Gasteiger partial charge on any atom is 0.340 e. The molecular weight excluding hydrogens is 705 g/mol. The average molecular weight is 759 g/mol. The summed E-state index contributed by atoms with van der Waals surface area (Å²) in [4.78, 5) is 27.8. The highest BCUT2D eigenvalue weighted by atomic mass is 16.6. The summed E-state index contributed by atoms with van der Waals surface area (Å²) in [6, 6.07) is 3.80. The second kappa shape index (κ2) is 11.3. The number of hydrogen-bond donors (Lipinski definition) is 0. The molecule has 0 N–H and O–H groups in total. The maximum atomic E-state index is 13.9. The fourth-order valence-electron chi connectivity index (χ4n) is 9.42. The third kappa shape index (κ3) is 4.83. The molecule has 0 radical (unpaired) electrons. The molecule has 0 amide bonds. The molecule has 6 heterocycles. The molecule has 4 aliphatic rings. The zero-order valence-electron chi connectivity index (χ0n) is 34.9. The van der Waals surface area contributed by atoms with Gasteiger partial charge in [-0.3, -0.25) is 0 Å². The van der Waals surface area contributed by atoms with Crippen LogP contribution in [0.15, 0.2) is 81.2 Å². The highest BCUT2D eigenvalue weighted by Gasteiger charge is 2.65. The van der Waals surface area contributed by atoms with Gasteiger partial charge < -0.3 is 27.8 Å². The van der Waals surface area contributed by atoms with Gasteiger partial charge in [-0.2, -0.15) is 0 Å². The second-order valence-electron chi connectivity index (χ2n) is 19.5. The number of rotatable bonds is 8. The molecule has 8 heteroatoms. The van der Waals surface area contributed by atoms with E-state index in [-0.39, 0.29) is 11.8 Å². The summed E-state index contributed by atoms with van der Waals surface area (Å²) < 4.78 is 41.7. The van der Waals surface area contributed by atoms with Gasteiger partial charge in [0.1, 0.15) is 57.6 Å². The summed E-state index contributed by atoms with van der Waals surface area (Å²) >= 11 is 0. The quantitative estimate of drug-likeness (QED) is 0.129. The van der Waals surface area contributed by atoms with Crippen molar-refractivity contribution in [2.24, 2.45) is 0 Å². The van der Waals surface area contributed by atoms with Gasteiger partial charge in [-0.05, 0) is 39.8 Å². The second-order valence-corrected chi connectivity index (χ2v) is 19.5.